The van der Waals surface area contributed by atoms with Crippen LogP contribution in [0, 0.1) is 12.7 Å². The smallest absolute Gasteiger partial charge is 0.475 e. The van der Waals surface area contributed by atoms with Crippen molar-refractivity contribution >= 4 is 17.6 Å². The van der Waals surface area contributed by atoms with Gasteiger partial charge in [-0.05, 0) is 49.2 Å². The average Bonchev–Trinajstić information content (AvgIpc) is 3.32. The SMILES string of the molecule is Cc1ccccc1N1CCN(C(=O)CCc2cnoc2-c2ccc(F)cc2)CC1.O=C(O)C(F)(F)F. The predicted molar refractivity (Wildman–Crippen MR) is 124 cm³/mol. The third-order valence-electron chi connectivity index (χ3n) is 5.69. The Morgan fingerprint density at radius 1 is 1.03 bits per heavy atom. The summed E-state index contributed by atoms with van der Waals surface area (Å²) in [7, 11) is 0. The molecule has 0 aliphatic carbocycles. The topological polar surface area (TPSA) is 86.9 Å². The molecule has 0 saturated carbocycles. The highest BCUT2D eigenvalue weighted by Gasteiger charge is 2.38. The van der Waals surface area contributed by atoms with E-state index in [9.17, 15) is 22.4 Å². The molecule has 36 heavy (non-hydrogen) atoms. The van der Waals surface area contributed by atoms with Crippen LogP contribution in [0.4, 0.5) is 23.2 Å². The van der Waals surface area contributed by atoms with Gasteiger partial charge in [-0.3, -0.25) is 4.79 Å². The van der Waals surface area contributed by atoms with Crippen molar-refractivity contribution < 1.29 is 36.8 Å². The van der Waals surface area contributed by atoms with E-state index >= 15 is 0 Å². The summed E-state index contributed by atoms with van der Waals surface area (Å²) < 4.78 is 50.2. The van der Waals surface area contributed by atoms with Crippen LogP contribution in [0.15, 0.2) is 59.3 Å². The molecule has 1 aliphatic heterocycles. The maximum absolute atomic E-state index is 13.1. The molecule has 1 fully saturated rings. The number of rotatable bonds is 5. The van der Waals surface area contributed by atoms with Gasteiger partial charge in [-0.1, -0.05) is 23.4 Å². The van der Waals surface area contributed by atoms with Crippen LogP contribution >= 0.6 is 0 Å². The van der Waals surface area contributed by atoms with Crippen LogP contribution in [-0.4, -0.2) is 59.4 Å². The molecule has 3 aromatic rings. The molecule has 11 heteroatoms. The first-order valence-electron chi connectivity index (χ1n) is 11.1. The number of aromatic nitrogens is 1. The molecular formula is C25H25F4N3O4. The zero-order valence-electron chi connectivity index (χ0n) is 19.5. The van der Waals surface area contributed by atoms with E-state index in [0.29, 0.717) is 18.6 Å². The van der Waals surface area contributed by atoms with Crippen molar-refractivity contribution in [1.29, 1.82) is 0 Å². The number of hydrogen-bond donors (Lipinski definition) is 1. The van der Waals surface area contributed by atoms with Crippen LogP contribution in [0.25, 0.3) is 11.3 Å². The Morgan fingerprint density at radius 2 is 1.64 bits per heavy atom. The lowest BCUT2D eigenvalue weighted by atomic mass is 10.0. The molecule has 1 aromatic heterocycles. The Labute approximate surface area is 204 Å². The van der Waals surface area contributed by atoms with Gasteiger partial charge in [0.05, 0.1) is 6.20 Å². The third-order valence-corrected chi connectivity index (χ3v) is 5.69. The summed E-state index contributed by atoms with van der Waals surface area (Å²) in [4.78, 5) is 25.9. The second kappa shape index (κ2) is 11.7. The number of nitrogens with zero attached hydrogens (tertiary/aromatic N) is 3. The first-order chi connectivity index (χ1) is 17.1. The lowest BCUT2D eigenvalue weighted by molar-refractivity contribution is -0.192. The molecule has 0 unspecified atom stereocenters. The minimum Gasteiger partial charge on any atom is -0.475 e. The lowest BCUT2D eigenvalue weighted by Gasteiger charge is -2.36. The Morgan fingerprint density at radius 3 is 2.22 bits per heavy atom. The molecule has 1 saturated heterocycles. The molecule has 0 spiro atoms. The van der Waals surface area contributed by atoms with Crippen LogP contribution in [0.3, 0.4) is 0 Å². The Bertz CT molecular complexity index is 1170. The summed E-state index contributed by atoms with van der Waals surface area (Å²) in [6.45, 7) is 5.24. The molecule has 7 nitrogen and oxygen atoms in total. The van der Waals surface area contributed by atoms with E-state index in [2.05, 4.69) is 35.2 Å². The van der Waals surface area contributed by atoms with Gasteiger partial charge in [0.25, 0.3) is 0 Å². The van der Waals surface area contributed by atoms with Crippen LogP contribution in [-0.2, 0) is 16.0 Å². The molecule has 192 valence electrons. The standard InChI is InChI=1S/C23H24FN3O2.C2HF3O2/c1-17-4-2-3-5-21(17)26-12-14-27(15-13-26)22(28)11-8-19-16-25-29-23(19)18-6-9-20(24)10-7-18;3-2(4,5)1(6)7/h2-7,9-10,16H,8,11-15H2,1H3;(H,6,7). The van der Waals surface area contributed by atoms with Gasteiger partial charge in [0.1, 0.15) is 5.82 Å². The van der Waals surface area contributed by atoms with Crippen molar-refractivity contribution in [3.05, 3.63) is 71.7 Å². The Balaban J connectivity index is 0.000000454. The number of hydrogen-bond acceptors (Lipinski definition) is 5. The highest BCUT2D eigenvalue weighted by atomic mass is 19.4. The monoisotopic (exact) mass is 507 g/mol. The number of carboxylic acid groups (broad SMARTS) is 1. The van der Waals surface area contributed by atoms with Crippen molar-refractivity contribution in [2.75, 3.05) is 31.1 Å². The summed E-state index contributed by atoms with van der Waals surface area (Å²) in [5.41, 5.74) is 4.13. The number of carbonyl (C=O) groups is 2. The van der Waals surface area contributed by atoms with E-state index < -0.39 is 12.1 Å². The molecule has 2 aromatic carbocycles. The highest BCUT2D eigenvalue weighted by Crippen LogP contribution is 2.25. The largest absolute Gasteiger partial charge is 0.490 e. The molecule has 0 atom stereocenters. The third kappa shape index (κ3) is 7.06. The van der Waals surface area contributed by atoms with E-state index in [4.69, 9.17) is 14.4 Å². The van der Waals surface area contributed by atoms with E-state index in [1.165, 1.54) is 23.4 Å². The van der Waals surface area contributed by atoms with Gasteiger partial charge in [0.2, 0.25) is 5.91 Å². The van der Waals surface area contributed by atoms with Crippen molar-refractivity contribution in [1.82, 2.24) is 10.1 Å². The highest BCUT2D eigenvalue weighted by molar-refractivity contribution is 5.77. The average molecular weight is 507 g/mol. The predicted octanol–water partition coefficient (Wildman–Crippen LogP) is 4.70. The number of para-hydroxylation sites is 1. The van der Waals surface area contributed by atoms with E-state index in [1.807, 2.05) is 11.0 Å². The van der Waals surface area contributed by atoms with E-state index in [0.717, 1.165) is 37.3 Å². The minimum atomic E-state index is -5.08. The second-order valence-electron chi connectivity index (χ2n) is 8.14. The minimum absolute atomic E-state index is 0.140. The fraction of sp³-hybridized carbons (Fsp3) is 0.320. The number of carboxylic acids is 1. The van der Waals surface area contributed by atoms with Gasteiger partial charge in [0.15, 0.2) is 5.76 Å². The number of halogens is 4. The maximum Gasteiger partial charge on any atom is 0.490 e. The number of anilines is 1. The molecule has 4 rings (SSSR count). The number of aliphatic carboxylic acids is 1. The van der Waals surface area contributed by atoms with Gasteiger partial charge in [-0.15, -0.1) is 0 Å². The zero-order valence-corrected chi connectivity index (χ0v) is 19.5. The first kappa shape index (κ1) is 26.7. The van der Waals surface area contributed by atoms with Crippen molar-refractivity contribution in [2.45, 2.75) is 25.9 Å². The van der Waals surface area contributed by atoms with Crippen molar-refractivity contribution in [3.63, 3.8) is 0 Å². The number of carbonyl (C=O) groups excluding carboxylic acids is 1. The van der Waals surface area contributed by atoms with Crippen LogP contribution < -0.4 is 4.90 Å². The Kier molecular flexibility index (Phi) is 8.68. The van der Waals surface area contributed by atoms with Crippen molar-refractivity contribution in [2.24, 2.45) is 0 Å². The summed E-state index contributed by atoms with van der Waals surface area (Å²) in [6, 6.07) is 14.4. The molecule has 0 radical (unpaired) electrons. The van der Waals surface area contributed by atoms with Gasteiger partial charge >= 0.3 is 12.1 Å². The molecule has 0 bridgehead atoms. The van der Waals surface area contributed by atoms with Crippen molar-refractivity contribution in [3.8, 4) is 11.3 Å². The van der Waals surface area contributed by atoms with Gasteiger partial charge in [0, 0.05) is 49.4 Å². The summed E-state index contributed by atoms with van der Waals surface area (Å²) in [5.74, 6) is -2.31. The van der Waals surface area contributed by atoms with Crippen LogP contribution in [0.5, 0.6) is 0 Å². The number of benzene rings is 2. The number of piperazine rings is 1. The molecular weight excluding hydrogens is 482 g/mol. The molecule has 2 heterocycles. The van der Waals surface area contributed by atoms with Crippen LogP contribution in [0.1, 0.15) is 17.5 Å². The maximum atomic E-state index is 13.1. The van der Waals surface area contributed by atoms with Crippen LogP contribution in [0.2, 0.25) is 0 Å². The molecule has 1 aliphatic rings. The fourth-order valence-electron chi connectivity index (χ4n) is 3.79. The number of alkyl halides is 3. The van der Waals surface area contributed by atoms with E-state index in [-0.39, 0.29) is 11.7 Å². The van der Waals surface area contributed by atoms with Gasteiger partial charge in [-0.25, -0.2) is 9.18 Å². The summed E-state index contributed by atoms with van der Waals surface area (Å²) >= 11 is 0. The molecule has 1 amide bonds. The van der Waals surface area contributed by atoms with Gasteiger partial charge < -0.3 is 19.4 Å². The fourth-order valence-corrected chi connectivity index (χ4v) is 3.79. The zero-order chi connectivity index (χ0) is 26.3. The number of aryl methyl sites for hydroxylation is 2. The first-order valence-corrected chi connectivity index (χ1v) is 11.1. The normalized spacial score (nSPS) is 13.7. The molecule has 1 N–H and O–H groups in total. The van der Waals surface area contributed by atoms with E-state index in [1.54, 1.807) is 18.3 Å². The second-order valence-corrected chi connectivity index (χ2v) is 8.14. The number of amides is 1. The quantitative estimate of drug-likeness (QED) is 0.504. The van der Waals surface area contributed by atoms with Gasteiger partial charge in [-0.2, -0.15) is 13.2 Å². The summed E-state index contributed by atoms with van der Waals surface area (Å²) in [5, 5.41) is 11.0. The Hall–Kier alpha value is -3.89. The lowest BCUT2D eigenvalue weighted by Crippen LogP contribution is -2.49. The summed E-state index contributed by atoms with van der Waals surface area (Å²) in [6.07, 6.45) is -2.49.